The summed E-state index contributed by atoms with van der Waals surface area (Å²) in [6.45, 7) is 0. The number of carbonyl (C=O) groups excluding carboxylic acids is 1. The first-order valence-corrected chi connectivity index (χ1v) is 4.54. The summed E-state index contributed by atoms with van der Waals surface area (Å²) in [6.07, 6.45) is 1.51. The van der Waals surface area contributed by atoms with E-state index in [1.807, 2.05) is 5.32 Å². The Bertz CT molecular complexity index is 652. The van der Waals surface area contributed by atoms with Gasteiger partial charge in [-0.25, -0.2) is 0 Å². The highest BCUT2D eigenvalue weighted by molar-refractivity contribution is 5.95. The van der Waals surface area contributed by atoms with E-state index in [1.165, 1.54) is 12.3 Å². The fourth-order valence-corrected chi connectivity index (χ4v) is 1.44. The van der Waals surface area contributed by atoms with Gasteiger partial charge in [0.1, 0.15) is 5.69 Å². The van der Waals surface area contributed by atoms with Crippen molar-refractivity contribution in [1.82, 2.24) is 10.3 Å². The molecule has 1 heterocycles. The number of para-hydroxylation sites is 1. The Kier molecular flexibility index (Phi) is 2.40. The van der Waals surface area contributed by atoms with Crippen LogP contribution in [0.2, 0.25) is 0 Å². The number of nitriles is 1. The Morgan fingerprint density at radius 2 is 2.12 bits per heavy atom. The van der Waals surface area contributed by atoms with Crippen molar-refractivity contribution >= 4 is 16.8 Å². The molecule has 0 saturated heterocycles. The van der Waals surface area contributed by atoms with Gasteiger partial charge in [-0.2, -0.15) is 5.26 Å². The molecule has 5 heteroatoms. The van der Waals surface area contributed by atoms with E-state index < -0.39 is 5.91 Å². The monoisotopic (exact) mass is 213 g/mol. The van der Waals surface area contributed by atoms with Gasteiger partial charge in [-0.1, -0.05) is 12.1 Å². The summed E-state index contributed by atoms with van der Waals surface area (Å²) < 4.78 is 0. The molecule has 1 aromatic heterocycles. The van der Waals surface area contributed by atoms with E-state index in [4.69, 9.17) is 5.26 Å². The highest BCUT2D eigenvalue weighted by Gasteiger charge is 2.08. The molecule has 78 valence electrons. The second kappa shape index (κ2) is 3.87. The summed E-state index contributed by atoms with van der Waals surface area (Å²) in [7, 11) is 0. The lowest BCUT2D eigenvalue weighted by Crippen LogP contribution is -2.21. The number of aromatic nitrogens is 1. The zero-order chi connectivity index (χ0) is 11.5. The molecule has 2 rings (SSSR count). The van der Waals surface area contributed by atoms with Crippen LogP contribution in [-0.4, -0.2) is 10.9 Å². The van der Waals surface area contributed by atoms with Crippen molar-refractivity contribution < 1.29 is 4.79 Å². The number of hydrogen-bond acceptors (Lipinski definition) is 3. The molecular formula is C11H7N3O2. The number of carbonyl (C=O) groups is 1. The molecule has 0 aliphatic rings. The van der Waals surface area contributed by atoms with Crippen molar-refractivity contribution in [3.05, 3.63) is 46.2 Å². The Labute approximate surface area is 90.3 Å². The minimum atomic E-state index is -0.620. The highest BCUT2D eigenvalue weighted by atomic mass is 16.2. The van der Waals surface area contributed by atoms with E-state index in [1.54, 1.807) is 24.3 Å². The molecule has 16 heavy (non-hydrogen) atoms. The number of nitrogens with zero attached hydrogens (tertiary/aromatic N) is 1. The van der Waals surface area contributed by atoms with Crippen LogP contribution in [0.4, 0.5) is 0 Å². The minimum Gasteiger partial charge on any atom is -0.350 e. The van der Waals surface area contributed by atoms with Gasteiger partial charge in [0.2, 0.25) is 0 Å². The van der Waals surface area contributed by atoms with Gasteiger partial charge in [0.15, 0.2) is 11.6 Å². The molecule has 1 amide bonds. The Morgan fingerprint density at radius 1 is 1.38 bits per heavy atom. The maximum atomic E-state index is 11.6. The van der Waals surface area contributed by atoms with E-state index in [0.717, 1.165) is 0 Å². The predicted octanol–water partition coefficient (Wildman–Crippen LogP) is 0.739. The number of fused-ring (bicyclic) bond motifs is 1. The zero-order valence-electron chi connectivity index (χ0n) is 8.15. The molecular weight excluding hydrogens is 206 g/mol. The Balaban J connectivity index is 2.64. The maximum absolute atomic E-state index is 11.6. The number of amides is 1. The lowest BCUT2D eigenvalue weighted by Gasteiger charge is -2.01. The molecule has 0 radical (unpaired) electrons. The smallest absolute Gasteiger partial charge is 0.280 e. The van der Waals surface area contributed by atoms with E-state index in [-0.39, 0.29) is 11.1 Å². The molecule has 0 spiro atoms. The highest BCUT2D eigenvalue weighted by Crippen LogP contribution is 2.06. The molecule has 5 nitrogen and oxygen atoms in total. The van der Waals surface area contributed by atoms with E-state index in [0.29, 0.717) is 10.9 Å². The molecule has 2 aromatic rings. The van der Waals surface area contributed by atoms with Gasteiger partial charge in [-0.15, -0.1) is 0 Å². The average Bonchev–Trinajstić information content (AvgIpc) is 2.29. The van der Waals surface area contributed by atoms with Gasteiger partial charge in [0.05, 0.1) is 0 Å². The molecule has 0 unspecified atom stereocenters. The summed E-state index contributed by atoms with van der Waals surface area (Å²) in [5.41, 5.74) is 0.390. The van der Waals surface area contributed by atoms with Crippen LogP contribution in [0.15, 0.2) is 35.1 Å². The summed E-state index contributed by atoms with van der Waals surface area (Å²) in [5.74, 6) is -0.620. The first-order valence-electron chi connectivity index (χ1n) is 4.54. The average molecular weight is 213 g/mol. The third-order valence-electron chi connectivity index (χ3n) is 2.15. The van der Waals surface area contributed by atoms with Crippen LogP contribution in [0.5, 0.6) is 0 Å². The first kappa shape index (κ1) is 9.93. The van der Waals surface area contributed by atoms with Crippen LogP contribution in [0.1, 0.15) is 10.5 Å². The summed E-state index contributed by atoms with van der Waals surface area (Å²) in [5, 5.41) is 10.8. The fraction of sp³-hybridized carbons (Fsp3) is 0. The summed E-state index contributed by atoms with van der Waals surface area (Å²) in [4.78, 5) is 25.8. The molecule has 2 N–H and O–H groups in total. The number of aromatic amines is 1. The number of pyridine rings is 1. The normalized spacial score (nSPS) is 9.69. The van der Waals surface area contributed by atoms with Gasteiger partial charge in [0, 0.05) is 17.0 Å². The number of benzene rings is 1. The van der Waals surface area contributed by atoms with E-state index >= 15 is 0 Å². The second-order valence-corrected chi connectivity index (χ2v) is 3.16. The zero-order valence-corrected chi connectivity index (χ0v) is 8.15. The number of hydrogen-bond donors (Lipinski definition) is 2. The summed E-state index contributed by atoms with van der Waals surface area (Å²) >= 11 is 0. The van der Waals surface area contributed by atoms with Crippen molar-refractivity contribution in [3.8, 4) is 6.19 Å². The van der Waals surface area contributed by atoms with Crippen LogP contribution in [0.3, 0.4) is 0 Å². The maximum Gasteiger partial charge on any atom is 0.280 e. The molecule has 0 aliphatic heterocycles. The lowest BCUT2D eigenvalue weighted by atomic mass is 10.2. The second-order valence-electron chi connectivity index (χ2n) is 3.16. The van der Waals surface area contributed by atoms with Gasteiger partial charge in [-0.05, 0) is 12.1 Å². The standard InChI is InChI=1S/C11H7N3O2/c12-6-13-11(16)9-5-10(15)7-3-1-2-4-8(7)14-9/h1-5H,(H,13,16)(H,14,15). The van der Waals surface area contributed by atoms with Crippen LogP contribution < -0.4 is 10.7 Å². The fourth-order valence-electron chi connectivity index (χ4n) is 1.44. The molecule has 1 aromatic carbocycles. The van der Waals surface area contributed by atoms with Gasteiger partial charge < -0.3 is 4.98 Å². The van der Waals surface area contributed by atoms with Gasteiger partial charge >= 0.3 is 0 Å². The van der Waals surface area contributed by atoms with Crippen LogP contribution in [0, 0.1) is 11.5 Å². The van der Waals surface area contributed by atoms with Crippen LogP contribution in [-0.2, 0) is 0 Å². The number of nitrogens with one attached hydrogen (secondary N) is 2. The Morgan fingerprint density at radius 3 is 2.88 bits per heavy atom. The van der Waals surface area contributed by atoms with Crippen LogP contribution >= 0.6 is 0 Å². The predicted molar refractivity (Wildman–Crippen MR) is 57.6 cm³/mol. The van der Waals surface area contributed by atoms with Gasteiger partial charge in [-0.3, -0.25) is 14.9 Å². The first-order chi connectivity index (χ1) is 7.72. The SMILES string of the molecule is N#CNC(=O)c1cc(=O)c2ccccc2[nH]1. The molecule has 0 atom stereocenters. The number of rotatable bonds is 1. The van der Waals surface area contributed by atoms with Crippen molar-refractivity contribution in [2.75, 3.05) is 0 Å². The van der Waals surface area contributed by atoms with Gasteiger partial charge in [0.25, 0.3) is 5.91 Å². The largest absolute Gasteiger partial charge is 0.350 e. The quantitative estimate of drug-likeness (QED) is 0.541. The minimum absolute atomic E-state index is 0.0743. The lowest BCUT2D eigenvalue weighted by molar-refractivity contribution is 0.0968. The molecule has 0 aliphatic carbocycles. The number of H-pyrrole nitrogens is 1. The third-order valence-corrected chi connectivity index (χ3v) is 2.15. The van der Waals surface area contributed by atoms with E-state index in [9.17, 15) is 9.59 Å². The molecule has 0 bridgehead atoms. The van der Waals surface area contributed by atoms with Crippen LogP contribution in [0.25, 0.3) is 10.9 Å². The topological polar surface area (TPSA) is 85.8 Å². The van der Waals surface area contributed by atoms with Crippen molar-refractivity contribution in [3.63, 3.8) is 0 Å². The Hall–Kier alpha value is -2.61. The van der Waals surface area contributed by atoms with Crippen molar-refractivity contribution in [2.24, 2.45) is 0 Å². The molecule has 0 saturated carbocycles. The van der Waals surface area contributed by atoms with Crippen molar-refractivity contribution in [2.45, 2.75) is 0 Å². The van der Waals surface area contributed by atoms with Crippen molar-refractivity contribution in [1.29, 1.82) is 5.26 Å². The summed E-state index contributed by atoms with van der Waals surface area (Å²) in [6, 6.07) is 8.03. The third kappa shape index (κ3) is 1.64. The van der Waals surface area contributed by atoms with E-state index in [2.05, 4.69) is 4.98 Å². The molecule has 0 fully saturated rings.